The molecule has 130 valence electrons. The molecule has 1 aromatic heterocycles. The summed E-state index contributed by atoms with van der Waals surface area (Å²) in [6.45, 7) is 7.17. The van der Waals surface area contributed by atoms with Crippen LogP contribution in [0.5, 0.6) is 11.5 Å². The molecule has 0 unspecified atom stereocenters. The van der Waals surface area contributed by atoms with Crippen LogP contribution in [0.1, 0.15) is 26.1 Å². The summed E-state index contributed by atoms with van der Waals surface area (Å²) in [5.41, 5.74) is 0.795. The summed E-state index contributed by atoms with van der Waals surface area (Å²) < 4.78 is 10.7. The van der Waals surface area contributed by atoms with Crippen LogP contribution in [0.25, 0.3) is 0 Å². The summed E-state index contributed by atoms with van der Waals surface area (Å²) in [5, 5.41) is 6.63. The van der Waals surface area contributed by atoms with E-state index in [9.17, 15) is 0 Å². The first-order valence-corrected chi connectivity index (χ1v) is 8.10. The molecule has 6 heteroatoms. The Kier molecular flexibility index (Phi) is 6.23. The SMILES string of the molecule is COc1ccc(OC)c(Nc2cc(NCCC(C)C)nc(C)n2)c1. The molecule has 0 aliphatic heterocycles. The Morgan fingerprint density at radius 1 is 1.04 bits per heavy atom. The zero-order valence-corrected chi connectivity index (χ0v) is 15.0. The fraction of sp³-hybridized carbons (Fsp3) is 0.444. The number of aryl methyl sites for hydroxylation is 1. The van der Waals surface area contributed by atoms with Gasteiger partial charge in [-0.05, 0) is 31.4 Å². The zero-order valence-electron chi connectivity index (χ0n) is 15.0. The molecule has 6 nitrogen and oxygen atoms in total. The third-order valence-corrected chi connectivity index (χ3v) is 3.54. The molecule has 0 atom stereocenters. The summed E-state index contributed by atoms with van der Waals surface area (Å²) in [6, 6.07) is 7.49. The van der Waals surface area contributed by atoms with Crippen molar-refractivity contribution in [3.05, 3.63) is 30.1 Å². The van der Waals surface area contributed by atoms with Gasteiger partial charge in [-0.25, -0.2) is 9.97 Å². The van der Waals surface area contributed by atoms with E-state index in [1.165, 1.54) is 0 Å². The van der Waals surface area contributed by atoms with Gasteiger partial charge >= 0.3 is 0 Å². The average Bonchev–Trinajstić information content (AvgIpc) is 2.54. The van der Waals surface area contributed by atoms with Crippen LogP contribution >= 0.6 is 0 Å². The third-order valence-electron chi connectivity index (χ3n) is 3.54. The maximum atomic E-state index is 5.39. The van der Waals surface area contributed by atoms with Crippen molar-refractivity contribution < 1.29 is 9.47 Å². The topological polar surface area (TPSA) is 68.3 Å². The molecule has 0 fully saturated rings. The zero-order chi connectivity index (χ0) is 17.5. The molecule has 0 aliphatic carbocycles. The first kappa shape index (κ1) is 17.8. The van der Waals surface area contributed by atoms with Gasteiger partial charge in [-0.1, -0.05) is 13.8 Å². The highest BCUT2D eigenvalue weighted by atomic mass is 16.5. The number of hydrogen-bond acceptors (Lipinski definition) is 6. The van der Waals surface area contributed by atoms with Crippen LogP contribution in [0.4, 0.5) is 17.3 Å². The van der Waals surface area contributed by atoms with Crippen LogP contribution in [-0.4, -0.2) is 30.7 Å². The first-order valence-electron chi connectivity index (χ1n) is 8.10. The molecular formula is C18H26N4O2. The summed E-state index contributed by atoms with van der Waals surface area (Å²) in [6.07, 6.45) is 1.09. The van der Waals surface area contributed by atoms with Crippen LogP contribution in [0.2, 0.25) is 0 Å². The lowest BCUT2D eigenvalue weighted by atomic mass is 10.1. The smallest absolute Gasteiger partial charge is 0.142 e. The molecule has 24 heavy (non-hydrogen) atoms. The maximum Gasteiger partial charge on any atom is 0.142 e. The standard InChI is InChI=1S/C18H26N4O2/c1-12(2)8-9-19-17-11-18(21-13(3)20-17)22-15-10-14(23-4)6-7-16(15)24-5/h6-7,10-12H,8-9H2,1-5H3,(H2,19,20,21,22). The number of nitrogens with one attached hydrogen (secondary N) is 2. The minimum Gasteiger partial charge on any atom is -0.497 e. The molecule has 1 heterocycles. The highest BCUT2D eigenvalue weighted by Gasteiger charge is 2.08. The van der Waals surface area contributed by atoms with Crippen molar-refractivity contribution in [1.82, 2.24) is 9.97 Å². The Morgan fingerprint density at radius 2 is 1.79 bits per heavy atom. The Labute approximate surface area is 143 Å². The fourth-order valence-corrected chi connectivity index (χ4v) is 2.26. The number of nitrogens with zero attached hydrogens (tertiary/aromatic N) is 2. The van der Waals surface area contributed by atoms with E-state index in [1.807, 2.05) is 31.2 Å². The largest absolute Gasteiger partial charge is 0.497 e. The highest BCUT2D eigenvalue weighted by molar-refractivity contribution is 5.67. The lowest BCUT2D eigenvalue weighted by molar-refractivity contribution is 0.405. The van der Waals surface area contributed by atoms with Crippen LogP contribution in [-0.2, 0) is 0 Å². The first-order chi connectivity index (χ1) is 11.5. The fourth-order valence-electron chi connectivity index (χ4n) is 2.26. The number of ether oxygens (including phenoxy) is 2. The minimum absolute atomic E-state index is 0.652. The third kappa shape index (κ3) is 5.01. The van der Waals surface area contributed by atoms with Gasteiger partial charge < -0.3 is 20.1 Å². The predicted molar refractivity (Wildman–Crippen MR) is 97.5 cm³/mol. The molecule has 1 aromatic carbocycles. The van der Waals surface area contributed by atoms with E-state index in [-0.39, 0.29) is 0 Å². The Bertz CT molecular complexity index is 674. The van der Waals surface area contributed by atoms with E-state index in [2.05, 4.69) is 34.4 Å². The molecule has 0 amide bonds. The monoisotopic (exact) mass is 330 g/mol. The van der Waals surface area contributed by atoms with Crippen molar-refractivity contribution in [2.45, 2.75) is 27.2 Å². The number of hydrogen-bond donors (Lipinski definition) is 2. The maximum absolute atomic E-state index is 5.39. The van der Waals surface area contributed by atoms with Gasteiger partial charge in [-0.2, -0.15) is 0 Å². The van der Waals surface area contributed by atoms with Gasteiger partial charge in [0.25, 0.3) is 0 Å². The predicted octanol–water partition coefficient (Wildman–Crippen LogP) is 4.00. The number of aromatic nitrogens is 2. The van der Waals surface area contributed by atoms with E-state index in [1.54, 1.807) is 14.2 Å². The molecule has 0 spiro atoms. The molecule has 2 aromatic rings. The van der Waals surface area contributed by atoms with Crippen molar-refractivity contribution in [1.29, 1.82) is 0 Å². The lowest BCUT2D eigenvalue weighted by Crippen LogP contribution is -2.08. The van der Waals surface area contributed by atoms with Crippen molar-refractivity contribution >= 4 is 17.3 Å². The second-order valence-corrected chi connectivity index (χ2v) is 5.99. The number of methoxy groups -OCH3 is 2. The van der Waals surface area contributed by atoms with Gasteiger partial charge in [0.05, 0.1) is 19.9 Å². The summed E-state index contributed by atoms with van der Waals surface area (Å²) in [4.78, 5) is 8.88. The van der Waals surface area contributed by atoms with Crippen molar-refractivity contribution in [3.63, 3.8) is 0 Å². The summed E-state index contributed by atoms with van der Waals surface area (Å²) in [5.74, 6) is 4.35. The van der Waals surface area contributed by atoms with E-state index >= 15 is 0 Å². The van der Waals surface area contributed by atoms with Gasteiger partial charge in [0.15, 0.2) is 0 Å². The molecule has 0 aliphatic rings. The van der Waals surface area contributed by atoms with Crippen LogP contribution in [0.15, 0.2) is 24.3 Å². The van der Waals surface area contributed by atoms with Gasteiger partial charge in [0.2, 0.25) is 0 Å². The van der Waals surface area contributed by atoms with E-state index < -0.39 is 0 Å². The van der Waals surface area contributed by atoms with Crippen LogP contribution in [0.3, 0.4) is 0 Å². The van der Waals surface area contributed by atoms with Crippen molar-refractivity contribution in [2.75, 3.05) is 31.4 Å². The highest BCUT2D eigenvalue weighted by Crippen LogP contribution is 2.31. The minimum atomic E-state index is 0.652. The summed E-state index contributed by atoms with van der Waals surface area (Å²) >= 11 is 0. The van der Waals surface area contributed by atoms with E-state index in [0.29, 0.717) is 17.6 Å². The molecule has 2 rings (SSSR count). The van der Waals surface area contributed by atoms with E-state index in [0.717, 1.165) is 36.0 Å². The number of benzene rings is 1. The molecule has 0 radical (unpaired) electrons. The van der Waals surface area contributed by atoms with Crippen molar-refractivity contribution in [2.24, 2.45) is 5.92 Å². The number of rotatable bonds is 8. The lowest BCUT2D eigenvalue weighted by Gasteiger charge is -2.14. The van der Waals surface area contributed by atoms with Crippen molar-refractivity contribution in [3.8, 4) is 11.5 Å². The Balaban J connectivity index is 2.18. The quantitative estimate of drug-likeness (QED) is 0.762. The Morgan fingerprint density at radius 3 is 2.46 bits per heavy atom. The van der Waals surface area contributed by atoms with E-state index in [4.69, 9.17) is 9.47 Å². The molecule has 0 saturated heterocycles. The molecule has 0 saturated carbocycles. The van der Waals surface area contributed by atoms with Gasteiger partial charge in [0, 0.05) is 18.7 Å². The van der Waals surface area contributed by atoms with Gasteiger partial charge in [0.1, 0.15) is 29.0 Å². The van der Waals surface area contributed by atoms with Gasteiger partial charge in [-0.3, -0.25) is 0 Å². The van der Waals surface area contributed by atoms with Crippen LogP contribution < -0.4 is 20.1 Å². The van der Waals surface area contributed by atoms with Gasteiger partial charge in [-0.15, -0.1) is 0 Å². The Hall–Kier alpha value is -2.50. The molecular weight excluding hydrogens is 304 g/mol. The van der Waals surface area contributed by atoms with Crippen LogP contribution in [0, 0.1) is 12.8 Å². The number of anilines is 3. The normalized spacial score (nSPS) is 10.6. The molecule has 2 N–H and O–H groups in total. The second kappa shape index (κ2) is 8.38. The summed E-state index contributed by atoms with van der Waals surface area (Å²) in [7, 11) is 3.27. The molecule has 0 bridgehead atoms. The second-order valence-electron chi connectivity index (χ2n) is 5.99. The average molecular weight is 330 g/mol.